The number of amides is 1. The lowest BCUT2D eigenvalue weighted by Gasteiger charge is -2.30. The van der Waals surface area contributed by atoms with Crippen LogP contribution in [0.2, 0.25) is 0 Å². The van der Waals surface area contributed by atoms with Crippen molar-refractivity contribution in [3.8, 4) is 0 Å². The molecule has 1 amide bonds. The minimum Gasteiger partial charge on any atom is -0.354 e. The lowest BCUT2D eigenvalue weighted by Crippen LogP contribution is -2.45. The van der Waals surface area contributed by atoms with E-state index in [0.717, 1.165) is 19.5 Å². The van der Waals surface area contributed by atoms with Crippen molar-refractivity contribution < 1.29 is 4.79 Å². The van der Waals surface area contributed by atoms with Gasteiger partial charge in [0.05, 0.1) is 5.92 Å². The molecular formula is C15H20N2O. The summed E-state index contributed by atoms with van der Waals surface area (Å²) in [5.74, 6) is 0.283. The van der Waals surface area contributed by atoms with E-state index in [0.29, 0.717) is 6.04 Å². The Kier molecular flexibility index (Phi) is 3.33. The zero-order valence-electron chi connectivity index (χ0n) is 10.6. The highest BCUT2D eigenvalue weighted by Gasteiger charge is 2.31. The van der Waals surface area contributed by atoms with Crippen molar-refractivity contribution in [2.45, 2.75) is 37.6 Å². The molecule has 0 spiro atoms. The molecule has 96 valence electrons. The molecule has 3 nitrogen and oxygen atoms in total. The standard InChI is InChI=1S/C15H20N2O/c18-15(17-10-12-6-3-4-8-16-12)14-9-11-5-1-2-7-13(11)14/h1-2,5,7,12,14,16H,3-4,6,8-10H2,(H,17,18). The van der Waals surface area contributed by atoms with Gasteiger partial charge < -0.3 is 10.6 Å². The average Bonchev–Trinajstić information content (AvgIpc) is 2.39. The molecule has 0 saturated carbocycles. The summed E-state index contributed by atoms with van der Waals surface area (Å²) in [4.78, 5) is 12.1. The Bertz CT molecular complexity index is 438. The summed E-state index contributed by atoms with van der Waals surface area (Å²) < 4.78 is 0. The predicted molar refractivity (Wildman–Crippen MR) is 71.5 cm³/mol. The fraction of sp³-hybridized carbons (Fsp3) is 0.533. The average molecular weight is 244 g/mol. The highest BCUT2D eigenvalue weighted by molar-refractivity contribution is 5.86. The molecule has 1 fully saturated rings. The zero-order chi connectivity index (χ0) is 12.4. The maximum absolute atomic E-state index is 12.1. The monoisotopic (exact) mass is 244 g/mol. The molecule has 3 rings (SSSR count). The third-order valence-corrected chi connectivity index (χ3v) is 4.11. The van der Waals surface area contributed by atoms with Crippen molar-refractivity contribution in [2.24, 2.45) is 0 Å². The number of rotatable bonds is 3. The van der Waals surface area contributed by atoms with Crippen LogP contribution in [-0.2, 0) is 11.2 Å². The van der Waals surface area contributed by atoms with Crippen LogP contribution in [-0.4, -0.2) is 25.0 Å². The summed E-state index contributed by atoms with van der Waals surface area (Å²) in [6.45, 7) is 1.87. The molecule has 0 bridgehead atoms. The maximum atomic E-state index is 12.1. The molecule has 1 heterocycles. The van der Waals surface area contributed by atoms with Crippen molar-refractivity contribution >= 4 is 5.91 Å². The summed E-state index contributed by atoms with van der Waals surface area (Å²) in [5, 5.41) is 6.55. The summed E-state index contributed by atoms with van der Waals surface area (Å²) in [6, 6.07) is 8.71. The van der Waals surface area contributed by atoms with Crippen LogP contribution in [0.5, 0.6) is 0 Å². The normalized spacial score (nSPS) is 26.0. The summed E-state index contributed by atoms with van der Waals surface area (Å²) in [5.41, 5.74) is 2.54. The third-order valence-electron chi connectivity index (χ3n) is 4.11. The number of fused-ring (bicyclic) bond motifs is 1. The van der Waals surface area contributed by atoms with E-state index in [-0.39, 0.29) is 11.8 Å². The Balaban J connectivity index is 1.51. The van der Waals surface area contributed by atoms with Crippen LogP contribution in [0.1, 0.15) is 36.3 Å². The zero-order valence-corrected chi connectivity index (χ0v) is 10.6. The van der Waals surface area contributed by atoms with Gasteiger partial charge in [-0.15, -0.1) is 0 Å². The van der Waals surface area contributed by atoms with Gasteiger partial charge in [0.2, 0.25) is 5.91 Å². The Hall–Kier alpha value is -1.35. The number of carbonyl (C=O) groups excluding carboxylic acids is 1. The van der Waals surface area contributed by atoms with Gasteiger partial charge in [-0.05, 0) is 36.9 Å². The van der Waals surface area contributed by atoms with Gasteiger partial charge >= 0.3 is 0 Å². The van der Waals surface area contributed by atoms with Gasteiger partial charge in [-0.25, -0.2) is 0 Å². The molecule has 1 aliphatic heterocycles. The smallest absolute Gasteiger partial charge is 0.227 e. The first kappa shape index (κ1) is 11.7. The van der Waals surface area contributed by atoms with E-state index in [1.807, 2.05) is 12.1 Å². The Labute approximate surface area is 108 Å². The first-order valence-electron chi connectivity index (χ1n) is 6.93. The molecule has 0 aromatic heterocycles. The maximum Gasteiger partial charge on any atom is 0.227 e. The van der Waals surface area contributed by atoms with Gasteiger partial charge in [-0.2, -0.15) is 0 Å². The molecular weight excluding hydrogens is 224 g/mol. The number of benzene rings is 1. The Morgan fingerprint density at radius 2 is 2.22 bits per heavy atom. The van der Waals surface area contributed by atoms with Gasteiger partial charge in [-0.3, -0.25) is 4.79 Å². The van der Waals surface area contributed by atoms with E-state index in [1.54, 1.807) is 0 Å². The fourth-order valence-electron chi connectivity index (χ4n) is 2.94. The van der Waals surface area contributed by atoms with Crippen molar-refractivity contribution in [1.29, 1.82) is 0 Å². The fourth-order valence-corrected chi connectivity index (χ4v) is 2.94. The predicted octanol–water partition coefficient (Wildman–Crippen LogP) is 1.58. The number of hydrogen-bond donors (Lipinski definition) is 2. The first-order valence-corrected chi connectivity index (χ1v) is 6.93. The van der Waals surface area contributed by atoms with Crippen LogP contribution in [0, 0.1) is 0 Å². The van der Waals surface area contributed by atoms with E-state index in [9.17, 15) is 4.79 Å². The summed E-state index contributed by atoms with van der Waals surface area (Å²) >= 11 is 0. The largest absolute Gasteiger partial charge is 0.354 e. The number of piperidine rings is 1. The van der Waals surface area contributed by atoms with Crippen molar-refractivity contribution in [1.82, 2.24) is 10.6 Å². The lowest BCUT2D eigenvalue weighted by atomic mass is 9.77. The van der Waals surface area contributed by atoms with Gasteiger partial charge in [0.1, 0.15) is 0 Å². The van der Waals surface area contributed by atoms with Crippen LogP contribution in [0.15, 0.2) is 24.3 Å². The topological polar surface area (TPSA) is 41.1 Å². The van der Waals surface area contributed by atoms with Crippen LogP contribution in [0.25, 0.3) is 0 Å². The van der Waals surface area contributed by atoms with Crippen molar-refractivity contribution in [3.05, 3.63) is 35.4 Å². The Morgan fingerprint density at radius 1 is 1.33 bits per heavy atom. The molecule has 1 saturated heterocycles. The molecule has 2 aliphatic rings. The van der Waals surface area contributed by atoms with E-state index in [2.05, 4.69) is 22.8 Å². The van der Waals surface area contributed by atoms with Crippen molar-refractivity contribution in [3.63, 3.8) is 0 Å². The molecule has 0 radical (unpaired) electrons. The lowest BCUT2D eigenvalue weighted by molar-refractivity contribution is -0.123. The van der Waals surface area contributed by atoms with Crippen LogP contribution < -0.4 is 10.6 Å². The van der Waals surface area contributed by atoms with Crippen LogP contribution in [0.3, 0.4) is 0 Å². The minimum atomic E-state index is 0.0878. The van der Waals surface area contributed by atoms with E-state index in [1.165, 1.54) is 30.4 Å². The van der Waals surface area contributed by atoms with Crippen molar-refractivity contribution in [2.75, 3.05) is 13.1 Å². The molecule has 3 heteroatoms. The van der Waals surface area contributed by atoms with Gasteiger partial charge in [-0.1, -0.05) is 30.7 Å². The van der Waals surface area contributed by atoms with Crippen LogP contribution in [0.4, 0.5) is 0 Å². The van der Waals surface area contributed by atoms with E-state index < -0.39 is 0 Å². The van der Waals surface area contributed by atoms with Gasteiger partial charge in [0.25, 0.3) is 0 Å². The number of nitrogens with one attached hydrogen (secondary N) is 2. The highest BCUT2D eigenvalue weighted by atomic mass is 16.1. The quantitative estimate of drug-likeness (QED) is 0.847. The summed E-state index contributed by atoms with van der Waals surface area (Å²) in [7, 11) is 0. The number of carbonyl (C=O) groups is 1. The SMILES string of the molecule is O=C(NCC1CCCCN1)C1Cc2ccccc21. The second-order valence-electron chi connectivity index (χ2n) is 5.35. The van der Waals surface area contributed by atoms with Gasteiger partial charge in [0.15, 0.2) is 0 Å². The molecule has 2 unspecified atom stereocenters. The van der Waals surface area contributed by atoms with Crippen LogP contribution >= 0.6 is 0 Å². The molecule has 1 aliphatic carbocycles. The molecule has 1 aromatic rings. The second kappa shape index (κ2) is 5.11. The molecule has 2 N–H and O–H groups in total. The summed E-state index contributed by atoms with van der Waals surface area (Å²) in [6.07, 6.45) is 4.63. The molecule has 1 aromatic carbocycles. The third kappa shape index (κ3) is 2.27. The van der Waals surface area contributed by atoms with Gasteiger partial charge in [0, 0.05) is 12.6 Å². The Morgan fingerprint density at radius 3 is 3.00 bits per heavy atom. The minimum absolute atomic E-state index is 0.0878. The molecule has 18 heavy (non-hydrogen) atoms. The van der Waals surface area contributed by atoms with E-state index in [4.69, 9.17) is 0 Å². The molecule has 2 atom stereocenters. The number of hydrogen-bond acceptors (Lipinski definition) is 2. The second-order valence-corrected chi connectivity index (χ2v) is 5.35. The first-order chi connectivity index (χ1) is 8.84. The highest BCUT2D eigenvalue weighted by Crippen LogP contribution is 2.34. The van der Waals surface area contributed by atoms with E-state index >= 15 is 0 Å².